The third-order valence-electron chi connectivity index (χ3n) is 13.9. The van der Waals surface area contributed by atoms with E-state index in [1.54, 1.807) is 0 Å². The number of rotatable bonds is 8. The Hall–Kier alpha value is -7.74. The topological polar surface area (TPSA) is 3.24 Å². The highest BCUT2D eigenvalue weighted by Gasteiger charge is 2.58. The van der Waals surface area contributed by atoms with E-state index in [1.165, 1.54) is 83.6 Å². The van der Waals surface area contributed by atoms with E-state index in [0.717, 1.165) is 24.2 Å². The molecule has 3 aliphatic rings. The van der Waals surface area contributed by atoms with E-state index in [2.05, 4.69) is 254 Å². The van der Waals surface area contributed by atoms with Crippen LogP contribution in [0.4, 0.5) is 11.4 Å². The van der Waals surface area contributed by atoms with Gasteiger partial charge in [-0.25, -0.2) is 0 Å². The molecule has 0 bridgehead atoms. The van der Waals surface area contributed by atoms with Gasteiger partial charge in [-0.15, -0.1) is 0 Å². The Kier molecular flexibility index (Phi) is 8.83. The van der Waals surface area contributed by atoms with Crippen LogP contribution in [0.3, 0.4) is 0 Å². The van der Waals surface area contributed by atoms with Gasteiger partial charge >= 0.3 is 0 Å². The fraction of sp³-hybridized carbons (Fsp3) is 0.0645. The molecule has 0 fully saturated rings. The molecular weight excluding hydrogens is 759 g/mol. The van der Waals surface area contributed by atoms with Crippen molar-refractivity contribution in [2.45, 2.75) is 23.7 Å². The van der Waals surface area contributed by atoms with Crippen LogP contribution in [-0.4, -0.2) is 0 Å². The average molecular weight is 804 g/mol. The average Bonchev–Trinajstić information content (AvgIpc) is 3.68. The lowest BCUT2D eigenvalue weighted by Gasteiger charge is -2.51. The van der Waals surface area contributed by atoms with Crippen molar-refractivity contribution in [2.75, 3.05) is 4.90 Å². The normalized spacial score (nSPS) is 18.0. The molecule has 9 aromatic rings. The van der Waals surface area contributed by atoms with Crippen LogP contribution in [0.15, 0.2) is 260 Å². The highest BCUT2D eigenvalue weighted by Crippen LogP contribution is 2.66. The summed E-state index contributed by atoms with van der Waals surface area (Å²) in [5.74, 6) is 0. The predicted molar refractivity (Wildman–Crippen MR) is 261 cm³/mol. The van der Waals surface area contributed by atoms with Crippen LogP contribution in [-0.2, 0) is 10.8 Å². The van der Waals surface area contributed by atoms with Crippen molar-refractivity contribution in [1.82, 2.24) is 0 Å². The van der Waals surface area contributed by atoms with Gasteiger partial charge in [-0.2, -0.15) is 0 Å². The summed E-state index contributed by atoms with van der Waals surface area (Å²) in [7, 11) is 0. The van der Waals surface area contributed by atoms with Gasteiger partial charge < -0.3 is 4.90 Å². The summed E-state index contributed by atoms with van der Waals surface area (Å²) < 4.78 is 0. The monoisotopic (exact) mass is 803 g/mol. The number of anilines is 2. The first-order valence-corrected chi connectivity index (χ1v) is 22.2. The van der Waals surface area contributed by atoms with Crippen molar-refractivity contribution < 1.29 is 0 Å². The molecule has 0 radical (unpaired) electrons. The van der Waals surface area contributed by atoms with Crippen LogP contribution < -0.4 is 4.90 Å². The third kappa shape index (κ3) is 5.56. The number of nitrogens with zero attached hydrogens (tertiary/aromatic N) is 1. The zero-order chi connectivity index (χ0) is 41.8. The first-order chi connectivity index (χ1) is 31.3. The Morgan fingerprint density at radius 3 is 1.41 bits per heavy atom. The summed E-state index contributed by atoms with van der Waals surface area (Å²) in [5, 5.41) is 0. The maximum atomic E-state index is 2.55. The molecule has 298 valence electrons. The molecule has 0 saturated carbocycles. The van der Waals surface area contributed by atoms with Gasteiger partial charge in [0.1, 0.15) is 0 Å². The Labute approximate surface area is 370 Å². The lowest BCUT2D eigenvalue weighted by Crippen LogP contribution is -2.45. The van der Waals surface area contributed by atoms with Gasteiger partial charge in [0.2, 0.25) is 0 Å². The van der Waals surface area contributed by atoms with Crippen molar-refractivity contribution in [3.05, 3.63) is 299 Å². The van der Waals surface area contributed by atoms with Crippen molar-refractivity contribution in [1.29, 1.82) is 0 Å². The van der Waals surface area contributed by atoms with Gasteiger partial charge in [0.25, 0.3) is 0 Å². The highest BCUT2D eigenvalue weighted by molar-refractivity contribution is 5.92. The van der Waals surface area contributed by atoms with Gasteiger partial charge in [-0.3, -0.25) is 0 Å². The molecule has 63 heavy (non-hydrogen) atoms. The van der Waals surface area contributed by atoms with Crippen LogP contribution in [0.2, 0.25) is 0 Å². The Morgan fingerprint density at radius 2 is 0.778 bits per heavy atom. The lowest BCUT2D eigenvalue weighted by molar-refractivity contribution is 0.615. The third-order valence-corrected chi connectivity index (χ3v) is 13.9. The number of fused-ring (bicyclic) bond motifs is 5. The fourth-order valence-corrected chi connectivity index (χ4v) is 11.4. The molecule has 0 aromatic heterocycles. The summed E-state index contributed by atoms with van der Waals surface area (Å²) in [5.41, 5.74) is 20.6. The number of benzene rings is 9. The van der Waals surface area contributed by atoms with Crippen LogP contribution >= 0.6 is 0 Å². The van der Waals surface area contributed by atoms with Crippen molar-refractivity contribution in [2.24, 2.45) is 0 Å². The maximum Gasteiger partial charge on any atom is 0.0725 e. The molecule has 2 atom stereocenters. The van der Waals surface area contributed by atoms with E-state index in [-0.39, 0.29) is 0 Å². The zero-order valence-corrected chi connectivity index (χ0v) is 35.0. The maximum absolute atomic E-state index is 2.55. The van der Waals surface area contributed by atoms with Gasteiger partial charge in [0.15, 0.2) is 0 Å². The Bertz CT molecular complexity index is 3180. The van der Waals surface area contributed by atoms with Crippen LogP contribution in [0.1, 0.15) is 51.8 Å². The quantitative estimate of drug-likeness (QED) is 0.148. The largest absolute Gasteiger partial charge is 0.314 e. The molecule has 0 N–H and O–H groups in total. The molecular formula is C62H45N. The number of para-hydroxylation sites is 1. The molecule has 0 heterocycles. The van der Waals surface area contributed by atoms with E-state index in [4.69, 9.17) is 0 Å². The molecule has 9 aromatic carbocycles. The standard InChI is InChI=1S/C62H45N/c1-5-20-44(21-6-1)45-36-38-46(39-37-45)47-40-42-51(43-41-47)63(50-26-11-4-12-27-50)59-35-18-17-33-57(59)61(48-22-7-2-8-23-48)55-31-15-16-32-56(55)62(49-24-9-3-10-25-49)54-30-14-13-28-52(54)53-29-19-34-58(61)60(53)62/h1-17,19-34,36-43H,18,35H2. The molecule has 1 nitrogen and oxygen atoms in total. The van der Waals surface area contributed by atoms with E-state index < -0.39 is 10.8 Å². The van der Waals surface area contributed by atoms with Gasteiger partial charge in [-0.1, -0.05) is 224 Å². The van der Waals surface area contributed by atoms with Crippen LogP contribution in [0.25, 0.3) is 33.4 Å². The van der Waals surface area contributed by atoms with Gasteiger partial charge in [0, 0.05) is 17.1 Å². The van der Waals surface area contributed by atoms with Gasteiger partial charge in [0.05, 0.1) is 10.8 Å². The predicted octanol–water partition coefficient (Wildman–Crippen LogP) is 15.5. The minimum absolute atomic E-state index is 0.494. The second-order valence-corrected chi connectivity index (χ2v) is 17.0. The second kappa shape index (κ2) is 15.0. The first kappa shape index (κ1) is 37.1. The van der Waals surface area contributed by atoms with Gasteiger partial charge in [-0.05, 0) is 115 Å². The number of allylic oxidation sites excluding steroid dienone is 4. The molecule has 0 aliphatic heterocycles. The van der Waals surface area contributed by atoms with Crippen molar-refractivity contribution >= 4 is 11.4 Å². The van der Waals surface area contributed by atoms with Crippen molar-refractivity contribution in [3.8, 4) is 33.4 Å². The molecule has 1 heteroatoms. The van der Waals surface area contributed by atoms with E-state index >= 15 is 0 Å². The molecule has 0 saturated heterocycles. The molecule has 0 amide bonds. The molecule has 0 spiro atoms. The summed E-state index contributed by atoms with van der Waals surface area (Å²) in [4.78, 5) is 2.55. The summed E-state index contributed by atoms with van der Waals surface area (Å²) >= 11 is 0. The molecule has 3 aliphatic carbocycles. The lowest BCUT2D eigenvalue weighted by atomic mass is 9.51. The van der Waals surface area contributed by atoms with E-state index in [0.29, 0.717) is 0 Å². The van der Waals surface area contributed by atoms with E-state index in [9.17, 15) is 0 Å². The van der Waals surface area contributed by atoms with Crippen LogP contribution in [0.5, 0.6) is 0 Å². The number of hydrogen-bond acceptors (Lipinski definition) is 1. The molecule has 12 rings (SSSR count). The smallest absolute Gasteiger partial charge is 0.0725 e. The zero-order valence-electron chi connectivity index (χ0n) is 35.0. The van der Waals surface area contributed by atoms with Crippen molar-refractivity contribution in [3.63, 3.8) is 0 Å². The minimum Gasteiger partial charge on any atom is -0.314 e. The minimum atomic E-state index is -0.650. The Balaban J connectivity index is 1.12. The van der Waals surface area contributed by atoms with Crippen LogP contribution in [0, 0.1) is 0 Å². The SMILES string of the molecule is C1=CC(C2(c3ccccc3)c3ccccc3C3(c4ccccc4)c4ccccc4-c4cccc2c43)=C(N(c2ccccc2)c2ccc(-c3ccc(-c4ccccc4)cc3)cc2)CC1. The fourth-order valence-electron chi connectivity index (χ4n) is 11.4. The first-order valence-electron chi connectivity index (χ1n) is 22.2. The summed E-state index contributed by atoms with van der Waals surface area (Å²) in [6.07, 6.45) is 6.72. The molecule has 2 unspecified atom stereocenters. The number of hydrogen-bond donors (Lipinski definition) is 0. The Morgan fingerprint density at radius 1 is 0.333 bits per heavy atom. The summed E-state index contributed by atoms with van der Waals surface area (Å²) in [6.45, 7) is 0. The second-order valence-electron chi connectivity index (χ2n) is 17.0. The van der Waals surface area contributed by atoms with E-state index in [1.807, 2.05) is 0 Å². The summed E-state index contributed by atoms with van der Waals surface area (Å²) in [6, 6.07) is 88.0. The highest BCUT2D eigenvalue weighted by atomic mass is 15.2.